The zero-order chi connectivity index (χ0) is 14.5. The number of hydrogen-bond donors (Lipinski definition) is 3. The maximum Gasteiger partial charge on any atom is 0.227 e. The van der Waals surface area contributed by atoms with Crippen molar-refractivity contribution in [3.05, 3.63) is 24.3 Å². The number of anilines is 2. The lowest BCUT2D eigenvalue weighted by molar-refractivity contribution is -0.121. The van der Waals surface area contributed by atoms with Crippen LogP contribution in [0.4, 0.5) is 11.4 Å². The predicted molar refractivity (Wildman–Crippen MR) is 86.6 cm³/mol. The van der Waals surface area contributed by atoms with Crippen LogP contribution in [0, 0.1) is 5.92 Å². The van der Waals surface area contributed by atoms with Crippen LogP contribution in [-0.4, -0.2) is 17.9 Å². The highest BCUT2D eigenvalue weighted by atomic mass is 35.5. The minimum absolute atomic E-state index is 0. The van der Waals surface area contributed by atoms with Crippen LogP contribution in [0.15, 0.2) is 24.3 Å². The van der Waals surface area contributed by atoms with Gasteiger partial charge >= 0.3 is 0 Å². The van der Waals surface area contributed by atoms with Crippen LogP contribution in [0.3, 0.4) is 0 Å². The molecule has 1 saturated carbocycles. The normalized spacial score (nSPS) is 21.0. The molecule has 1 aromatic carbocycles. The summed E-state index contributed by atoms with van der Waals surface area (Å²) in [6.45, 7) is 1.46. The maximum absolute atomic E-state index is 12.1. The Hall–Kier alpha value is -1.59. The van der Waals surface area contributed by atoms with Crippen molar-refractivity contribution >= 4 is 35.6 Å². The van der Waals surface area contributed by atoms with E-state index < -0.39 is 0 Å². The van der Waals surface area contributed by atoms with Gasteiger partial charge in [0.2, 0.25) is 11.8 Å². The van der Waals surface area contributed by atoms with E-state index in [1.807, 2.05) is 0 Å². The number of amides is 2. The third-order valence-corrected chi connectivity index (χ3v) is 3.56. The molecule has 0 heterocycles. The molecule has 5 nitrogen and oxygen atoms in total. The second kappa shape index (κ2) is 8.00. The van der Waals surface area contributed by atoms with E-state index in [0.29, 0.717) is 0 Å². The van der Waals surface area contributed by atoms with Crippen molar-refractivity contribution in [2.75, 3.05) is 10.6 Å². The quantitative estimate of drug-likeness (QED) is 0.802. The smallest absolute Gasteiger partial charge is 0.227 e. The monoisotopic (exact) mass is 311 g/mol. The van der Waals surface area contributed by atoms with Crippen molar-refractivity contribution in [2.24, 2.45) is 11.7 Å². The second-order valence-electron chi connectivity index (χ2n) is 5.37. The van der Waals surface area contributed by atoms with Gasteiger partial charge in [0, 0.05) is 30.3 Å². The molecule has 2 atom stereocenters. The fourth-order valence-electron chi connectivity index (χ4n) is 2.55. The van der Waals surface area contributed by atoms with Gasteiger partial charge in [-0.2, -0.15) is 0 Å². The molecule has 0 bridgehead atoms. The van der Waals surface area contributed by atoms with Gasteiger partial charge in [0.15, 0.2) is 0 Å². The van der Waals surface area contributed by atoms with E-state index in [9.17, 15) is 9.59 Å². The molecule has 1 fully saturated rings. The summed E-state index contributed by atoms with van der Waals surface area (Å²) in [5.74, 6) is -0.0702. The first-order chi connectivity index (χ1) is 9.54. The number of nitrogens with one attached hydrogen (secondary N) is 2. The summed E-state index contributed by atoms with van der Waals surface area (Å²) in [5, 5.41) is 5.59. The van der Waals surface area contributed by atoms with Crippen LogP contribution in [0.5, 0.6) is 0 Å². The summed E-state index contributed by atoms with van der Waals surface area (Å²) in [5.41, 5.74) is 7.36. The number of nitrogens with two attached hydrogens (primary N) is 1. The molecule has 1 aliphatic rings. The maximum atomic E-state index is 12.1. The predicted octanol–water partition coefficient (Wildman–Crippen LogP) is 2.52. The Bertz CT molecular complexity index is 490. The molecule has 0 radical (unpaired) electrons. The number of carbonyl (C=O) groups is 2. The van der Waals surface area contributed by atoms with Crippen LogP contribution < -0.4 is 16.4 Å². The molecule has 2 unspecified atom stereocenters. The average Bonchev–Trinajstić information content (AvgIpc) is 2.40. The fraction of sp³-hybridized carbons (Fsp3) is 0.467. The number of benzene rings is 1. The lowest BCUT2D eigenvalue weighted by atomic mass is 9.85. The van der Waals surface area contributed by atoms with Gasteiger partial charge in [-0.1, -0.05) is 6.42 Å². The van der Waals surface area contributed by atoms with Crippen molar-refractivity contribution in [3.8, 4) is 0 Å². The van der Waals surface area contributed by atoms with E-state index in [1.54, 1.807) is 24.3 Å². The number of carbonyl (C=O) groups excluding carboxylic acids is 2. The van der Waals surface area contributed by atoms with Crippen molar-refractivity contribution < 1.29 is 9.59 Å². The summed E-state index contributed by atoms with van der Waals surface area (Å²) in [4.78, 5) is 23.1. The minimum atomic E-state index is -0.113. The Kier molecular flexibility index (Phi) is 6.65. The van der Waals surface area contributed by atoms with Gasteiger partial charge in [-0.15, -0.1) is 12.4 Å². The molecular formula is C15H22ClN3O2. The summed E-state index contributed by atoms with van der Waals surface area (Å²) in [6, 6.07) is 7.24. The standard InChI is InChI=1S/C15H21N3O2.ClH/c1-10(19)17-13-5-7-14(8-6-13)18-15(20)11-3-2-4-12(16)9-11;/h5-8,11-12H,2-4,9,16H2,1H3,(H,17,19)(H,18,20);1H. The Balaban J connectivity index is 0.00000220. The van der Waals surface area contributed by atoms with E-state index in [0.717, 1.165) is 37.1 Å². The molecule has 1 aliphatic carbocycles. The van der Waals surface area contributed by atoms with Crippen molar-refractivity contribution in [1.29, 1.82) is 0 Å². The molecule has 2 amide bonds. The highest BCUT2D eigenvalue weighted by Gasteiger charge is 2.25. The van der Waals surface area contributed by atoms with E-state index in [1.165, 1.54) is 6.92 Å². The Labute approximate surface area is 131 Å². The molecule has 2 rings (SSSR count). The average molecular weight is 312 g/mol. The van der Waals surface area contributed by atoms with Crippen molar-refractivity contribution in [2.45, 2.75) is 38.6 Å². The van der Waals surface area contributed by atoms with Crippen LogP contribution in [0.1, 0.15) is 32.6 Å². The number of hydrogen-bond acceptors (Lipinski definition) is 3. The summed E-state index contributed by atoms with van der Waals surface area (Å²) >= 11 is 0. The van der Waals surface area contributed by atoms with Crippen LogP contribution in [0.2, 0.25) is 0 Å². The topological polar surface area (TPSA) is 84.2 Å². The lowest BCUT2D eigenvalue weighted by Gasteiger charge is -2.25. The zero-order valence-corrected chi connectivity index (χ0v) is 12.9. The van der Waals surface area contributed by atoms with Gasteiger partial charge in [0.25, 0.3) is 0 Å². The lowest BCUT2D eigenvalue weighted by Crippen LogP contribution is -2.34. The molecule has 116 valence electrons. The van der Waals surface area contributed by atoms with Crippen molar-refractivity contribution in [1.82, 2.24) is 0 Å². The van der Waals surface area contributed by atoms with E-state index in [4.69, 9.17) is 5.73 Å². The van der Waals surface area contributed by atoms with E-state index in [2.05, 4.69) is 10.6 Å². The Morgan fingerprint density at radius 1 is 1.10 bits per heavy atom. The van der Waals surface area contributed by atoms with Gasteiger partial charge in [-0.25, -0.2) is 0 Å². The van der Waals surface area contributed by atoms with Crippen LogP contribution in [-0.2, 0) is 9.59 Å². The molecular weight excluding hydrogens is 290 g/mol. The molecule has 0 aliphatic heterocycles. The first-order valence-electron chi connectivity index (χ1n) is 6.98. The molecule has 0 saturated heterocycles. The minimum Gasteiger partial charge on any atom is -0.328 e. The van der Waals surface area contributed by atoms with Crippen LogP contribution in [0.25, 0.3) is 0 Å². The second-order valence-corrected chi connectivity index (χ2v) is 5.37. The third kappa shape index (κ3) is 5.36. The molecule has 0 spiro atoms. The van der Waals surface area contributed by atoms with E-state index in [-0.39, 0.29) is 36.2 Å². The van der Waals surface area contributed by atoms with Crippen molar-refractivity contribution in [3.63, 3.8) is 0 Å². The van der Waals surface area contributed by atoms with Gasteiger partial charge in [0.1, 0.15) is 0 Å². The Morgan fingerprint density at radius 3 is 2.19 bits per heavy atom. The summed E-state index contributed by atoms with van der Waals surface area (Å²) in [7, 11) is 0. The van der Waals surface area contributed by atoms with Gasteiger partial charge in [0.05, 0.1) is 0 Å². The summed E-state index contributed by atoms with van der Waals surface area (Å²) in [6.07, 6.45) is 3.69. The van der Waals surface area contributed by atoms with Gasteiger partial charge < -0.3 is 16.4 Å². The zero-order valence-electron chi connectivity index (χ0n) is 12.1. The highest BCUT2D eigenvalue weighted by Crippen LogP contribution is 2.24. The highest BCUT2D eigenvalue weighted by molar-refractivity contribution is 5.93. The summed E-state index contributed by atoms with van der Waals surface area (Å²) < 4.78 is 0. The fourth-order valence-corrected chi connectivity index (χ4v) is 2.55. The molecule has 0 aromatic heterocycles. The third-order valence-electron chi connectivity index (χ3n) is 3.56. The first-order valence-corrected chi connectivity index (χ1v) is 6.98. The van der Waals surface area contributed by atoms with E-state index >= 15 is 0 Å². The molecule has 21 heavy (non-hydrogen) atoms. The first kappa shape index (κ1) is 17.5. The van der Waals surface area contributed by atoms with Crippen LogP contribution >= 0.6 is 12.4 Å². The number of halogens is 1. The largest absolute Gasteiger partial charge is 0.328 e. The van der Waals surface area contributed by atoms with Gasteiger partial charge in [-0.05, 0) is 43.5 Å². The SMILES string of the molecule is CC(=O)Nc1ccc(NC(=O)C2CCCC(N)C2)cc1.Cl. The number of rotatable bonds is 3. The molecule has 6 heteroatoms. The Morgan fingerprint density at radius 2 is 1.67 bits per heavy atom. The molecule has 4 N–H and O–H groups in total. The molecule has 1 aromatic rings. The van der Waals surface area contributed by atoms with Gasteiger partial charge in [-0.3, -0.25) is 9.59 Å².